The van der Waals surface area contributed by atoms with Gasteiger partial charge in [0.1, 0.15) is 13.2 Å². The molecule has 3 N–H and O–H groups in total. The van der Waals surface area contributed by atoms with Gasteiger partial charge in [0.2, 0.25) is 0 Å². The Morgan fingerprint density at radius 1 is 1.35 bits per heavy atom. The van der Waals surface area contributed by atoms with E-state index in [2.05, 4.69) is 5.32 Å². The number of amides is 1. The van der Waals surface area contributed by atoms with Crippen molar-refractivity contribution in [3.8, 4) is 11.5 Å². The number of benzene rings is 1. The third-order valence-electron chi connectivity index (χ3n) is 2.48. The number of rotatable bonds is 4. The molecule has 0 bridgehead atoms. The zero-order valence-electron chi connectivity index (χ0n) is 9.57. The average molecular weight is 236 g/mol. The molecule has 0 saturated heterocycles. The maximum atomic E-state index is 11.9. The number of para-hydroxylation sites is 1. The van der Waals surface area contributed by atoms with Gasteiger partial charge in [0.15, 0.2) is 11.5 Å². The fourth-order valence-corrected chi connectivity index (χ4v) is 1.65. The lowest BCUT2D eigenvalue weighted by molar-refractivity contribution is 0.0942. The van der Waals surface area contributed by atoms with Crippen LogP contribution in [0.2, 0.25) is 0 Å². The molecule has 17 heavy (non-hydrogen) atoms. The first-order valence-electron chi connectivity index (χ1n) is 5.70. The summed E-state index contributed by atoms with van der Waals surface area (Å²) in [5.41, 5.74) is 5.88. The van der Waals surface area contributed by atoms with Crippen LogP contribution in [0.4, 0.5) is 0 Å². The van der Waals surface area contributed by atoms with Gasteiger partial charge in [-0.1, -0.05) is 6.07 Å². The van der Waals surface area contributed by atoms with E-state index < -0.39 is 0 Å². The predicted molar refractivity (Wildman–Crippen MR) is 63.4 cm³/mol. The molecule has 1 aromatic rings. The first-order chi connectivity index (χ1) is 8.33. The molecule has 0 saturated carbocycles. The van der Waals surface area contributed by atoms with Gasteiger partial charge in [-0.3, -0.25) is 4.79 Å². The number of hydrogen-bond acceptors (Lipinski definition) is 4. The lowest BCUT2D eigenvalue weighted by atomic mass is 10.1. The number of nitrogens with two attached hydrogens (primary N) is 1. The van der Waals surface area contributed by atoms with Crippen LogP contribution in [0.3, 0.4) is 0 Å². The quantitative estimate of drug-likeness (QED) is 0.748. The second-order valence-corrected chi connectivity index (χ2v) is 3.73. The van der Waals surface area contributed by atoms with E-state index in [0.717, 1.165) is 6.42 Å². The third-order valence-corrected chi connectivity index (χ3v) is 2.48. The Morgan fingerprint density at radius 2 is 2.18 bits per heavy atom. The van der Waals surface area contributed by atoms with Gasteiger partial charge >= 0.3 is 0 Å². The molecular formula is C12H16N2O3. The zero-order chi connectivity index (χ0) is 12.1. The number of fused-ring (bicyclic) bond motifs is 1. The zero-order valence-corrected chi connectivity index (χ0v) is 9.57. The first kappa shape index (κ1) is 11.7. The van der Waals surface area contributed by atoms with Crippen molar-refractivity contribution < 1.29 is 14.3 Å². The molecule has 0 aliphatic carbocycles. The Hall–Kier alpha value is -1.75. The molecule has 1 aliphatic rings. The fraction of sp³-hybridized carbons (Fsp3) is 0.417. The number of nitrogens with one attached hydrogen (secondary N) is 1. The van der Waals surface area contributed by atoms with Crippen LogP contribution in [-0.4, -0.2) is 32.2 Å². The SMILES string of the molecule is NCCCNC(=O)c1cccc2c1OCCO2. The molecule has 0 fully saturated rings. The summed E-state index contributed by atoms with van der Waals surface area (Å²) >= 11 is 0. The summed E-state index contributed by atoms with van der Waals surface area (Å²) in [4.78, 5) is 11.9. The average Bonchev–Trinajstić information content (AvgIpc) is 2.38. The topological polar surface area (TPSA) is 73.6 Å². The van der Waals surface area contributed by atoms with Crippen LogP contribution in [0.5, 0.6) is 11.5 Å². The second kappa shape index (κ2) is 5.54. The van der Waals surface area contributed by atoms with Gasteiger partial charge in [-0.15, -0.1) is 0 Å². The molecule has 0 unspecified atom stereocenters. The molecular weight excluding hydrogens is 220 g/mol. The van der Waals surface area contributed by atoms with Crippen molar-refractivity contribution in [2.24, 2.45) is 5.73 Å². The Bertz CT molecular complexity index is 407. The lowest BCUT2D eigenvalue weighted by Gasteiger charge is -2.20. The number of ether oxygens (including phenoxy) is 2. The van der Waals surface area contributed by atoms with Gasteiger partial charge < -0.3 is 20.5 Å². The molecule has 1 aliphatic heterocycles. The summed E-state index contributed by atoms with van der Waals surface area (Å²) in [6.45, 7) is 2.12. The standard InChI is InChI=1S/C12H16N2O3/c13-5-2-6-14-12(15)9-3-1-4-10-11(9)17-8-7-16-10/h1,3-4H,2,5-8,13H2,(H,14,15). The van der Waals surface area contributed by atoms with Gasteiger partial charge in [0.25, 0.3) is 5.91 Å². The highest BCUT2D eigenvalue weighted by Gasteiger charge is 2.19. The van der Waals surface area contributed by atoms with Crippen LogP contribution in [0, 0.1) is 0 Å². The van der Waals surface area contributed by atoms with E-state index in [4.69, 9.17) is 15.2 Å². The van der Waals surface area contributed by atoms with E-state index in [-0.39, 0.29) is 5.91 Å². The van der Waals surface area contributed by atoms with Crippen LogP contribution >= 0.6 is 0 Å². The van der Waals surface area contributed by atoms with Crippen molar-refractivity contribution in [3.63, 3.8) is 0 Å². The van der Waals surface area contributed by atoms with E-state index >= 15 is 0 Å². The maximum absolute atomic E-state index is 11.9. The Labute approximate surface area is 99.9 Å². The predicted octanol–water partition coefficient (Wildman–Crippen LogP) is 0.536. The Kier molecular flexibility index (Phi) is 3.82. The highest BCUT2D eigenvalue weighted by molar-refractivity contribution is 5.97. The van der Waals surface area contributed by atoms with Crippen molar-refractivity contribution in [1.82, 2.24) is 5.32 Å². The van der Waals surface area contributed by atoms with Crippen LogP contribution in [-0.2, 0) is 0 Å². The van der Waals surface area contributed by atoms with Gasteiger partial charge in [0, 0.05) is 6.54 Å². The molecule has 0 spiro atoms. The summed E-state index contributed by atoms with van der Waals surface area (Å²) in [7, 11) is 0. The Balaban J connectivity index is 2.12. The summed E-state index contributed by atoms with van der Waals surface area (Å²) in [5, 5.41) is 2.80. The minimum absolute atomic E-state index is 0.152. The largest absolute Gasteiger partial charge is 0.486 e. The van der Waals surface area contributed by atoms with Gasteiger partial charge in [-0.25, -0.2) is 0 Å². The van der Waals surface area contributed by atoms with E-state index in [1.807, 2.05) is 0 Å². The summed E-state index contributed by atoms with van der Waals surface area (Å²) in [6, 6.07) is 5.31. The normalized spacial score (nSPS) is 13.2. The molecule has 0 radical (unpaired) electrons. The van der Waals surface area contributed by atoms with E-state index in [9.17, 15) is 4.79 Å². The van der Waals surface area contributed by atoms with E-state index in [1.165, 1.54) is 0 Å². The van der Waals surface area contributed by atoms with Crippen molar-refractivity contribution in [1.29, 1.82) is 0 Å². The minimum atomic E-state index is -0.152. The highest BCUT2D eigenvalue weighted by atomic mass is 16.6. The molecule has 1 amide bonds. The number of hydrogen-bond donors (Lipinski definition) is 2. The molecule has 5 heteroatoms. The molecule has 0 aromatic heterocycles. The molecule has 2 rings (SSSR count). The molecule has 5 nitrogen and oxygen atoms in total. The minimum Gasteiger partial charge on any atom is -0.486 e. The highest BCUT2D eigenvalue weighted by Crippen LogP contribution is 2.33. The van der Waals surface area contributed by atoms with Gasteiger partial charge in [-0.2, -0.15) is 0 Å². The molecule has 1 aromatic carbocycles. The monoisotopic (exact) mass is 236 g/mol. The van der Waals surface area contributed by atoms with E-state index in [0.29, 0.717) is 43.4 Å². The fourth-order valence-electron chi connectivity index (χ4n) is 1.65. The van der Waals surface area contributed by atoms with E-state index in [1.54, 1.807) is 18.2 Å². The summed E-state index contributed by atoms with van der Waals surface area (Å²) < 4.78 is 10.9. The third kappa shape index (κ3) is 2.68. The van der Waals surface area contributed by atoms with Crippen LogP contribution in [0.15, 0.2) is 18.2 Å². The van der Waals surface area contributed by atoms with Crippen molar-refractivity contribution >= 4 is 5.91 Å². The van der Waals surface area contributed by atoms with Crippen LogP contribution < -0.4 is 20.5 Å². The molecule has 92 valence electrons. The second-order valence-electron chi connectivity index (χ2n) is 3.73. The van der Waals surface area contributed by atoms with Crippen molar-refractivity contribution in [3.05, 3.63) is 23.8 Å². The maximum Gasteiger partial charge on any atom is 0.255 e. The van der Waals surface area contributed by atoms with Crippen molar-refractivity contribution in [2.75, 3.05) is 26.3 Å². The van der Waals surface area contributed by atoms with Crippen LogP contribution in [0.1, 0.15) is 16.8 Å². The molecule has 0 atom stereocenters. The number of carbonyl (C=O) groups is 1. The van der Waals surface area contributed by atoms with Gasteiger partial charge in [0.05, 0.1) is 5.56 Å². The smallest absolute Gasteiger partial charge is 0.255 e. The summed E-state index contributed by atoms with van der Waals surface area (Å²) in [6.07, 6.45) is 0.762. The molecule has 1 heterocycles. The summed E-state index contributed by atoms with van der Waals surface area (Å²) in [5.74, 6) is 1.01. The Morgan fingerprint density at radius 3 is 3.00 bits per heavy atom. The van der Waals surface area contributed by atoms with Gasteiger partial charge in [-0.05, 0) is 25.1 Å². The number of carbonyl (C=O) groups excluding carboxylic acids is 1. The first-order valence-corrected chi connectivity index (χ1v) is 5.70. The van der Waals surface area contributed by atoms with Crippen molar-refractivity contribution in [2.45, 2.75) is 6.42 Å². The lowest BCUT2D eigenvalue weighted by Crippen LogP contribution is -2.27. The van der Waals surface area contributed by atoms with Crippen LogP contribution in [0.25, 0.3) is 0 Å².